The lowest BCUT2D eigenvalue weighted by atomic mass is 9.79. The minimum absolute atomic E-state index is 0.127. The highest BCUT2D eigenvalue weighted by Gasteiger charge is 2.44. The molecule has 0 saturated carbocycles. The number of nitriles is 1. The number of rotatable bonds is 4. The van der Waals surface area contributed by atoms with Crippen LogP contribution in [0.1, 0.15) is 44.6 Å². The zero-order valence-corrected chi connectivity index (χ0v) is 15.8. The van der Waals surface area contributed by atoms with Gasteiger partial charge in [0.2, 0.25) is 0 Å². The second-order valence-corrected chi connectivity index (χ2v) is 7.14. The van der Waals surface area contributed by atoms with Crippen LogP contribution in [0.4, 0.5) is 4.39 Å². The first-order valence-electron chi connectivity index (χ1n) is 9.37. The smallest absolute Gasteiger partial charge is 0.313 e. The van der Waals surface area contributed by atoms with Crippen LogP contribution in [-0.2, 0) is 11.3 Å². The molecule has 0 unspecified atom stereocenters. The topological polar surface area (TPSA) is 81.4 Å². The number of nitrogens with zero attached hydrogens (tertiary/aromatic N) is 2. The molecule has 30 heavy (non-hydrogen) atoms. The van der Waals surface area contributed by atoms with Crippen LogP contribution in [0.3, 0.4) is 0 Å². The molecule has 0 fully saturated rings. The predicted octanol–water partition coefficient (Wildman–Crippen LogP) is 4.26. The van der Waals surface area contributed by atoms with E-state index in [9.17, 15) is 19.1 Å². The number of halogens is 1. The second kappa shape index (κ2) is 7.80. The zero-order valence-electron chi connectivity index (χ0n) is 15.8. The van der Waals surface area contributed by atoms with Gasteiger partial charge in [-0.15, -0.1) is 0 Å². The van der Waals surface area contributed by atoms with E-state index in [1.165, 1.54) is 17.0 Å². The molecule has 0 aromatic heterocycles. The molecule has 0 aliphatic carbocycles. The normalized spacial score (nSPS) is 17.9. The third-order valence-electron chi connectivity index (χ3n) is 5.35. The Labute approximate surface area is 172 Å². The lowest BCUT2D eigenvalue weighted by Crippen LogP contribution is -2.44. The lowest BCUT2D eigenvalue weighted by molar-refractivity contribution is -0.140. The Balaban J connectivity index is 1.86. The van der Waals surface area contributed by atoms with Crippen LogP contribution in [0.25, 0.3) is 0 Å². The number of carboxylic acid groups (broad SMARTS) is 1. The summed E-state index contributed by atoms with van der Waals surface area (Å²) < 4.78 is 13.3. The number of hydrogen-bond acceptors (Lipinski definition) is 3. The van der Waals surface area contributed by atoms with E-state index in [1.54, 1.807) is 60.7 Å². The van der Waals surface area contributed by atoms with E-state index in [4.69, 9.17) is 5.26 Å². The van der Waals surface area contributed by atoms with Crippen molar-refractivity contribution in [3.8, 4) is 6.07 Å². The molecular weight excluding hydrogens is 383 g/mol. The largest absolute Gasteiger partial charge is 0.481 e. The maximum atomic E-state index is 13.4. The molecule has 1 amide bonds. The molecule has 1 aliphatic heterocycles. The summed E-state index contributed by atoms with van der Waals surface area (Å²) in [5.74, 6) is -2.70. The van der Waals surface area contributed by atoms with Gasteiger partial charge in [-0.25, -0.2) is 4.39 Å². The molecule has 5 nitrogen and oxygen atoms in total. The van der Waals surface area contributed by atoms with Crippen molar-refractivity contribution in [3.63, 3.8) is 0 Å². The third kappa shape index (κ3) is 3.42. The highest BCUT2D eigenvalue weighted by atomic mass is 19.1. The van der Waals surface area contributed by atoms with Crippen LogP contribution in [0.15, 0.2) is 72.8 Å². The van der Waals surface area contributed by atoms with Gasteiger partial charge in [-0.3, -0.25) is 9.59 Å². The van der Waals surface area contributed by atoms with Gasteiger partial charge in [0.1, 0.15) is 11.7 Å². The monoisotopic (exact) mass is 400 g/mol. The SMILES string of the molecule is N#Cc1ccc([C@H]2[C@@H](C(=O)O)c3ccccc3C(=O)N2Cc2ccc(F)cc2)cc1. The summed E-state index contributed by atoms with van der Waals surface area (Å²) in [6, 6.07) is 20.3. The Bertz CT molecular complexity index is 1150. The minimum atomic E-state index is -1.05. The van der Waals surface area contributed by atoms with Gasteiger partial charge in [-0.1, -0.05) is 42.5 Å². The van der Waals surface area contributed by atoms with E-state index >= 15 is 0 Å². The lowest BCUT2D eigenvalue weighted by Gasteiger charge is -2.41. The summed E-state index contributed by atoms with van der Waals surface area (Å²) in [6.45, 7) is 0.127. The molecule has 1 aliphatic rings. The molecule has 1 heterocycles. The van der Waals surface area contributed by atoms with E-state index in [2.05, 4.69) is 0 Å². The van der Waals surface area contributed by atoms with Crippen molar-refractivity contribution in [2.75, 3.05) is 0 Å². The number of hydrogen-bond donors (Lipinski definition) is 1. The number of carbonyl (C=O) groups excluding carboxylic acids is 1. The first-order chi connectivity index (χ1) is 14.5. The summed E-state index contributed by atoms with van der Waals surface area (Å²) in [7, 11) is 0. The Kier molecular flexibility index (Phi) is 5.03. The summed E-state index contributed by atoms with van der Waals surface area (Å²) in [4.78, 5) is 27.2. The fourth-order valence-electron chi connectivity index (χ4n) is 3.95. The van der Waals surface area contributed by atoms with Crippen molar-refractivity contribution >= 4 is 11.9 Å². The van der Waals surface area contributed by atoms with Gasteiger partial charge in [0.15, 0.2) is 0 Å². The van der Waals surface area contributed by atoms with Crippen LogP contribution in [0, 0.1) is 17.1 Å². The van der Waals surface area contributed by atoms with Gasteiger partial charge in [0.25, 0.3) is 5.91 Å². The molecule has 3 aromatic rings. The van der Waals surface area contributed by atoms with Crippen molar-refractivity contribution in [1.82, 2.24) is 4.90 Å². The summed E-state index contributed by atoms with van der Waals surface area (Å²) >= 11 is 0. The third-order valence-corrected chi connectivity index (χ3v) is 5.35. The fraction of sp³-hybridized carbons (Fsp3) is 0.125. The molecule has 1 N–H and O–H groups in total. The average Bonchev–Trinajstić information content (AvgIpc) is 2.76. The predicted molar refractivity (Wildman–Crippen MR) is 107 cm³/mol. The Morgan fingerprint density at radius 3 is 2.33 bits per heavy atom. The van der Waals surface area contributed by atoms with Crippen molar-refractivity contribution in [1.29, 1.82) is 5.26 Å². The molecule has 0 saturated heterocycles. The number of amides is 1. The van der Waals surface area contributed by atoms with Gasteiger partial charge in [-0.05, 0) is 47.0 Å². The average molecular weight is 400 g/mol. The fourth-order valence-corrected chi connectivity index (χ4v) is 3.95. The van der Waals surface area contributed by atoms with E-state index in [0.29, 0.717) is 27.8 Å². The van der Waals surface area contributed by atoms with E-state index in [1.807, 2.05) is 6.07 Å². The van der Waals surface area contributed by atoms with Crippen molar-refractivity contribution in [2.24, 2.45) is 0 Å². The molecule has 0 spiro atoms. The second-order valence-electron chi connectivity index (χ2n) is 7.14. The Hall–Kier alpha value is -3.98. The van der Waals surface area contributed by atoms with Crippen LogP contribution in [-0.4, -0.2) is 21.9 Å². The molecule has 3 aromatic carbocycles. The molecule has 4 rings (SSSR count). The van der Waals surface area contributed by atoms with Gasteiger partial charge in [-0.2, -0.15) is 5.26 Å². The minimum Gasteiger partial charge on any atom is -0.481 e. The Morgan fingerprint density at radius 2 is 1.70 bits per heavy atom. The highest BCUT2D eigenvalue weighted by molar-refractivity contribution is 6.00. The molecule has 148 valence electrons. The molecule has 2 atom stereocenters. The van der Waals surface area contributed by atoms with E-state index < -0.39 is 17.9 Å². The van der Waals surface area contributed by atoms with Crippen molar-refractivity contribution in [3.05, 3.63) is 106 Å². The zero-order chi connectivity index (χ0) is 21.3. The van der Waals surface area contributed by atoms with Crippen LogP contribution >= 0.6 is 0 Å². The number of carboxylic acids is 1. The number of aliphatic carboxylic acids is 1. The highest BCUT2D eigenvalue weighted by Crippen LogP contribution is 2.43. The van der Waals surface area contributed by atoms with Gasteiger partial charge in [0, 0.05) is 12.1 Å². The maximum Gasteiger partial charge on any atom is 0.313 e. The number of benzene rings is 3. The van der Waals surface area contributed by atoms with Gasteiger partial charge in [0.05, 0.1) is 17.7 Å². The molecule has 6 heteroatoms. The van der Waals surface area contributed by atoms with E-state index in [0.717, 1.165) is 0 Å². The standard InChI is InChI=1S/C24H17FN2O3/c25-18-11-7-16(8-12-18)14-27-22(17-9-5-15(13-26)6-10-17)21(24(29)30)19-3-1-2-4-20(19)23(27)28/h1-12,21-22H,14H2,(H,29,30)/t21-,22-/m0/s1. The van der Waals surface area contributed by atoms with Gasteiger partial charge >= 0.3 is 5.97 Å². The first kappa shape index (κ1) is 19.3. The summed E-state index contributed by atoms with van der Waals surface area (Å²) in [5.41, 5.74) is 2.55. The molecule has 0 radical (unpaired) electrons. The summed E-state index contributed by atoms with van der Waals surface area (Å²) in [6.07, 6.45) is 0. The van der Waals surface area contributed by atoms with Crippen LogP contribution < -0.4 is 0 Å². The van der Waals surface area contributed by atoms with Crippen LogP contribution in [0.2, 0.25) is 0 Å². The Morgan fingerprint density at radius 1 is 1.03 bits per heavy atom. The molecule has 0 bridgehead atoms. The van der Waals surface area contributed by atoms with E-state index in [-0.39, 0.29) is 18.3 Å². The van der Waals surface area contributed by atoms with Gasteiger partial charge < -0.3 is 10.0 Å². The summed E-state index contributed by atoms with van der Waals surface area (Å²) in [5, 5.41) is 19.2. The van der Waals surface area contributed by atoms with Crippen LogP contribution in [0.5, 0.6) is 0 Å². The number of fused-ring (bicyclic) bond motifs is 1. The molecular formula is C24H17FN2O3. The quantitative estimate of drug-likeness (QED) is 0.709. The number of carbonyl (C=O) groups is 2. The van der Waals surface area contributed by atoms with Crippen molar-refractivity contribution < 1.29 is 19.1 Å². The first-order valence-corrected chi connectivity index (χ1v) is 9.37. The maximum absolute atomic E-state index is 13.4. The van der Waals surface area contributed by atoms with Crippen molar-refractivity contribution in [2.45, 2.75) is 18.5 Å².